The molecule has 0 saturated heterocycles. The van der Waals surface area contributed by atoms with Crippen molar-refractivity contribution in [3.05, 3.63) is 12.7 Å². The number of carbonyl (C=O) groups is 2. The van der Waals surface area contributed by atoms with Gasteiger partial charge < -0.3 is 14.7 Å². The highest BCUT2D eigenvalue weighted by molar-refractivity contribution is 7.99. The first-order chi connectivity index (χ1) is 16.0. The van der Waals surface area contributed by atoms with E-state index in [4.69, 9.17) is 4.74 Å². The number of Topliss-reactive ketones (excluding diaryl/α,β-unsaturated/α-hetero) is 1. The van der Waals surface area contributed by atoms with E-state index in [1.165, 1.54) is 0 Å². The van der Waals surface area contributed by atoms with Crippen LogP contribution < -0.4 is 0 Å². The Balaban J connectivity index is 1.88. The van der Waals surface area contributed by atoms with Gasteiger partial charge in [-0.1, -0.05) is 47.6 Å². The van der Waals surface area contributed by atoms with E-state index in [2.05, 4.69) is 46.1 Å². The molecule has 3 aliphatic rings. The molecule has 0 amide bonds. The second-order valence-corrected chi connectivity index (χ2v) is 12.7. The highest BCUT2D eigenvalue weighted by atomic mass is 32.2. The molecule has 0 aromatic rings. The number of aliphatic hydroxyl groups excluding tert-OH is 1. The summed E-state index contributed by atoms with van der Waals surface area (Å²) in [4.78, 5) is 28.9. The van der Waals surface area contributed by atoms with Crippen molar-refractivity contribution in [1.82, 2.24) is 4.90 Å². The van der Waals surface area contributed by atoms with Crippen molar-refractivity contribution < 1.29 is 19.4 Å². The molecule has 5 nitrogen and oxygen atoms in total. The fraction of sp³-hybridized carbons (Fsp3) is 0.857. The minimum Gasteiger partial charge on any atom is -0.461 e. The molecule has 0 aromatic heterocycles. The molecule has 8 atom stereocenters. The molecule has 3 fully saturated rings. The summed E-state index contributed by atoms with van der Waals surface area (Å²) in [6.07, 6.45) is 4.64. The quantitative estimate of drug-likeness (QED) is 0.278. The number of rotatable bonds is 9. The van der Waals surface area contributed by atoms with E-state index in [1.807, 2.05) is 13.0 Å². The lowest BCUT2D eigenvalue weighted by molar-refractivity contribution is -0.205. The van der Waals surface area contributed by atoms with Gasteiger partial charge in [-0.25, -0.2) is 0 Å². The Morgan fingerprint density at radius 2 is 1.94 bits per heavy atom. The van der Waals surface area contributed by atoms with E-state index in [9.17, 15) is 14.7 Å². The Morgan fingerprint density at radius 1 is 1.26 bits per heavy atom. The number of ether oxygens (including phenoxy) is 1. The van der Waals surface area contributed by atoms with Crippen molar-refractivity contribution in [2.45, 2.75) is 85.9 Å². The van der Waals surface area contributed by atoms with Crippen molar-refractivity contribution in [3.63, 3.8) is 0 Å². The predicted molar refractivity (Wildman–Crippen MR) is 140 cm³/mol. The minimum absolute atomic E-state index is 0.00828. The van der Waals surface area contributed by atoms with Gasteiger partial charge in [0.05, 0.1) is 11.9 Å². The second kappa shape index (κ2) is 10.6. The summed E-state index contributed by atoms with van der Waals surface area (Å²) < 4.78 is 6.30. The van der Waals surface area contributed by atoms with Crippen LogP contribution in [0.3, 0.4) is 0 Å². The average Bonchev–Trinajstić information content (AvgIpc) is 3.17. The molecule has 3 aliphatic carbocycles. The van der Waals surface area contributed by atoms with E-state index in [0.29, 0.717) is 24.4 Å². The van der Waals surface area contributed by atoms with Gasteiger partial charge in [0.2, 0.25) is 0 Å². The van der Waals surface area contributed by atoms with E-state index < -0.39 is 23.0 Å². The van der Waals surface area contributed by atoms with Crippen LogP contribution in [0.15, 0.2) is 12.7 Å². The van der Waals surface area contributed by atoms with Gasteiger partial charge in [-0.05, 0) is 56.0 Å². The summed E-state index contributed by atoms with van der Waals surface area (Å²) in [5, 5.41) is 11.6. The number of nitrogens with zero attached hydrogens (tertiary/aromatic N) is 1. The molecule has 0 heterocycles. The molecule has 194 valence electrons. The lowest BCUT2D eigenvalue weighted by Gasteiger charge is -2.61. The first-order valence-corrected chi connectivity index (χ1v) is 14.5. The Kier molecular flexibility index (Phi) is 8.68. The van der Waals surface area contributed by atoms with Gasteiger partial charge in [-0.3, -0.25) is 9.59 Å². The second-order valence-electron chi connectivity index (χ2n) is 11.6. The topological polar surface area (TPSA) is 66.8 Å². The number of esters is 1. The fourth-order valence-corrected chi connectivity index (χ4v) is 8.35. The maximum atomic E-state index is 13.4. The first-order valence-electron chi connectivity index (χ1n) is 13.3. The van der Waals surface area contributed by atoms with Crippen molar-refractivity contribution in [3.8, 4) is 0 Å². The van der Waals surface area contributed by atoms with E-state index in [0.717, 1.165) is 44.6 Å². The number of aliphatic hydroxyl groups is 1. The Morgan fingerprint density at radius 3 is 2.56 bits per heavy atom. The zero-order valence-corrected chi connectivity index (χ0v) is 23.1. The van der Waals surface area contributed by atoms with Gasteiger partial charge in [-0.2, -0.15) is 0 Å². The molecular weight excluding hydrogens is 446 g/mol. The Hall–Kier alpha value is -0.850. The van der Waals surface area contributed by atoms with Gasteiger partial charge in [0.15, 0.2) is 0 Å². The summed E-state index contributed by atoms with van der Waals surface area (Å²) in [5.41, 5.74) is -1.25. The van der Waals surface area contributed by atoms with Crippen LogP contribution in [0.2, 0.25) is 0 Å². The van der Waals surface area contributed by atoms with Gasteiger partial charge in [0, 0.05) is 35.5 Å². The maximum Gasteiger partial charge on any atom is 0.316 e. The largest absolute Gasteiger partial charge is 0.461 e. The molecule has 0 unspecified atom stereocenters. The van der Waals surface area contributed by atoms with Crippen molar-refractivity contribution >= 4 is 23.5 Å². The molecule has 0 radical (unpaired) electrons. The number of hydrogen-bond donors (Lipinski definition) is 1. The van der Waals surface area contributed by atoms with Crippen LogP contribution >= 0.6 is 11.8 Å². The molecule has 1 N–H and O–H groups in total. The number of thioether (sulfide) groups is 1. The molecular formula is C28H47NO4S. The maximum absolute atomic E-state index is 13.4. The minimum atomic E-state index is -0.624. The van der Waals surface area contributed by atoms with Gasteiger partial charge >= 0.3 is 5.97 Å². The smallest absolute Gasteiger partial charge is 0.316 e. The van der Waals surface area contributed by atoms with E-state index in [1.54, 1.807) is 11.8 Å². The third-order valence-electron chi connectivity index (χ3n) is 10.2. The third-order valence-corrected chi connectivity index (χ3v) is 11.2. The van der Waals surface area contributed by atoms with Crippen LogP contribution in [0.25, 0.3) is 0 Å². The van der Waals surface area contributed by atoms with Gasteiger partial charge in [0.25, 0.3) is 0 Å². The lowest BCUT2D eigenvalue weighted by atomic mass is 9.44. The monoisotopic (exact) mass is 493 g/mol. The number of ketones is 1. The van der Waals surface area contributed by atoms with Gasteiger partial charge in [-0.15, -0.1) is 18.3 Å². The normalized spacial score (nSPS) is 42.1. The third kappa shape index (κ3) is 4.64. The standard InChI is InChI=1S/C28H47NO4S/c1-8-26(6)17-22(33-23(31)18-34-16-15-29(9-2)10-3)27(7)19(4)11-13-28(20(5)25(26)32)14-12-21(30)24(27)28/h8,19-20,22,24-25,32H,1,9-18H2,2-7H3/t19-,20+,22-,24-,25+,26-,27+,28+/m1/s1. The lowest BCUT2D eigenvalue weighted by Crippen LogP contribution is -2.63. The molecule has 2 bridgehead atoms. The van der Waals surface area contributed by atoms with Gasteiger partial charge in [0.1, 0.15) is 11.9 Å². The number of carbonyl (C=O) groups excluding carboxylic acids is 2. The predicted octanol–water partition coefficient (Wildman–Crippen LogP) is 4.97. The van der Waals surface area contributed by atoms with E-state index >= 15 is 0 Å². The number of hydrogen-bond acceptors (Lipinski definition) is 6. The molecule has 3 saturated carbocycles. The summed E-state index contributed by atoms with van der Waals surface area (Å²) in [6.45, 7) is 20.0. The highest BCUT2D eigenvalue weighted by Gasteiger charge is 2.68. The van der Waals surface area contributed by atoms with Crippen LogP contribution in [0.1, 0.15) is 73.6 Å². The average molecular weight is 494 g/mol. The molecule has 34 heavy (non-hydrogen) atoms. The highest BCUT2D eigenvalue weighted by Crippen LogP contribution is 2.67. The van der Waals surface area contributed by atoms with Crippen molar-refractivity contribution in [2.24, 2.45) is 34.0 Å². The summed E-state index contributed by atoms with van der Waals surface area (Å²) >= 11 is 1.61. The molecule has 0 aromatic carbocycles. The van der Waals surface area contributed by atoms with Crippen LogP contribution in [0, 0.1) is 34.0 Å². The first kappa shape index (κ1) is 27.7. The summed E-state index contributed by atoms with van der Waals surface area (Å²) in [6, 6.07) is 0. The Labute approximate surface area is 211 Å². The zero-order valence-electron chi connectivity index (χ0n) is 22.3. The van der Waals surface area contributed by atoms with Crippen molar-refractivity contribution in [2.75, 3.05) is 31.1 Å². The fourth-order valence-electron chi connectivity index (χ4n) is 7.58. The SMILES string of the molecule is C=C[C@]1(C)C[C@@H](OC(=O)CSCCN(CC)CC)[C@]2(C)[C@H](C)CC[C@]3(CCC(=O)[C@@H]32)[C@@H](C)[C@@H]1O. The molecule has 6 heteroatoms. The summed E-state index contributed by atoms with van der Waals surface area (Å²) in [7, 11) is 0. The van der Waals surface area contributed by atoms with Crippen molar-refractivity contribution in [1.29, 1.82) is 0 Å². The van der Waals surface area contributed by atoms with Crippen LogP contribution in [0.4, 0.5) is 0 Å². The Bertz CT molecular complexity index is 770. The summed E-state index contributed by atoms with van der Waals surface area (Å²) in [5.74, 6) is 1.37. The van der Waals surface area contributed by atoms with Crippen LogP contribution in [0.5, 0.6) is 0 Å². The molecule has 0 spiro atoms. The molecule has 0 aliphatic heterocycles. The zero-order chi connectivity index (χ0) is 25.3. The van der Waals surface area contributed by atoms with E-state index in [-0.39, 0.29) is 29.1 Å². The van der Waals surface area contributed by atoms with Crippen LogP contribution in [-0.2, 0) is 14.3 Å². The molecule has 3 rings (SSSR count). The van der Waals surface area contributed by atoms with Crippen LogP contribution in [-0.4, -0.2) is 65.1 Å².